The summed E-state index contributed by atoms with van der Waals surface area (Å²) < 4.78 is 7.14. The van der Waals surface area contributed by atoms with Crippen molar-refractivity contribution in [3.8, 4) is 78.3 Å². The van der Waals surface area contributed by atoms with Crippen LogP contribution in [-0.4, -0.2) is 0 Å². The lowest BCUT2D eigenvalue weighted by Gasteiger charge is -2.27. The Hall–Kier alpha value is -8.46. The zero-order chi connectivity index (χ0) is 42.4. The first kappa shape index (κ1) is 37.3. The molecule has 64 heavy (non-hydrogen) atoms. The molecule has 0 aromatic heterocycles. The van der Waals surface area contributed by atoms with Crippen molar-refractivity contribution < 1.29 is 4.74 Å². The molecule has 0 radical (unpaired) electrons. The van der Waals surface area contributed by atoms with E-state index >= 15 is 0 Å². The molecule has 300 valence electrons. The Morgan fingerprint density at radius 3 is 1.31 bits per heavy atom. The van der Waals surface area contributed by atoms with Crippen molar-refractivity contribution in [2.75, 3.05) is 4.90 Å². The van der Waals surface area contributed by atoms with Crippen LogP contribution in [0.15, 0.2) is 249 Å². The van der Waals surface area contributed by atoms with Gasteiger partial charge in [-0.2, -0.15) is 0 Å². The standard InChI is InChI=1S/C62H41NO/c1-3-12-42(13-4-1)44-22-24-45(25-23-44)47-28-33-53(34-29-47)63(52-31-26-46(27-32-52)43-14-5-2-6-15-43)54-35-37-58-57-36-30-51(56-21-11-19-48-16-9-10-20-55(48)56)39-59(57)60-38-49-17-7-8-18-50(49)40-61(60)64-62(58)41-54/h1-41H. The molecule has 11 aromatic carbocycles. The van der Waals surface area contributed by atoms with Crippen molar-refractivity contribution in [3.63, 3.8) is 0 Å². The molecule has 0 aliphatic carbocycles. The second-order valence-electron chi connectivity index (χ2n) is 16.5. The molecule has 1 heterocycles. The first-order valence-corrected chi connectivity index (χ1v) is 21.9. The van der Waals surface area contributed by atoms with Crippen molar-refractivity contribution in [2.45, 2.75) is 0 Å². The van der Waals surface area contributed by atoms with Gasteiger partial charge in [-0.15, -0.1) is 0 Å². The lowest BCUT2D eigenvalue weighted by molar-refractivity contribution is 0.488. The lowest BCUT2D eigenvalue weighted by atomic mass is 9.89. The summed E-state index contributed by atoms with van der Waals surface area (Å²) in [4.78, 5) is 2.33. The maximum Gasteiger partial charge on any atom is 0.137 e. The predicted molar refractivity (Wildman–Crippen MR) is 269 cm³/mol. The van der Waals surface area contributed by atoms with Crippen LogP contribution in [0.4, 0.5) is 17.1 Å². The third kappa shape index (κ3) is 6.79. The van der Waals surface area contributed by atoms with Gasteiger partial charge in [-0.25, -0.2) is 0 Å². The Labute approximate surface area is 373 Å². The third-order valence-electron chi connectivity index (χ3n) is 12.7. The van der Waals surface area contributed by atoms with Crippen LogP contribution in [0.3, 0.4) is 0 Å². The van der Waals surface area contributed by atoms with E-state index < -0.39 is 0 Å². The minimum Gasteiger partial charge on any atom is -0.456 e. The van der Waals surface area contributed by atoms with E-state index in [-0.39, 0.29) is 0 Å². The van der Waals surface area contributed by atoms with Crippen LogP contribution in [0.5, 0.6) is 11.5 Å². The summed E-state index contributed by atoms with van der Waals surface area (Å²) >= 11 is 0. The van der Waals surface area contributed by atoms with Gasteiger partial charge in [-0.3, -0.25) is 0 Å². The van der Waals surface area contributed by atoms with E-state index in [0.717, 1.165) is 61.8 Å². The molecule has 12 rings (SSSR count). The van der Waals surface area contributed by atoms with Crippen LogP contribution < -0.4 is 9.64 Å². The molecule has 0 saturated carbocycles. The first-order chi connectivity index (χ1) is 31.7. The van der Waals surface area contributed by atoms with E-state index in [1.165, 1.54) is 55.1 Å². The van der Waals surface area contributed by atoms with Gasteiger partial charge < -0.3 is 9.64 Å². The maximum absolute atomic E-state index is 7.14. The summed E-state index contributed by atoms with van der Waals surface area (Å²) in [6.07, 6.45) is 0. The molecule has 0 fully saturated rings. The summed E-state index contributed by atoms with van der Waals surface area (Å²) in [7, 11) is 0. The van der Waals surface area contributed by atoms with E-state index in [2.05, 4.69) is 254 Å². The fraction of sp³-hybridized carbons (Fsp3) is 0. The van der Waals surface area contributed by atoms with Crippen LogP contribution >= 0.6 is 0 Å². The highest BCUT2D eigenvalue weighted by Gasteiger charge is 2.25. The second-order valence-corrected chi connectivity index (χ2v) is 16.5. The number of anilines is 3. The van der Waals surface area contributed by atoms with Gasteiger partial charge in [-0.05, 0) is 132 Å². The average molecular weight is 816 g/mol. The molecular weight excluding hydrogens is 775 g/mol. The van der Waals surface area contributed by atoms with E-state index in [4.69, 9.17) is 4.74 Å². The molecule has 0 atom stereocenters. The quantitative estimate of drug-likeness (QED) is 0.159. The maximum atomic E-state index is 7.14. The third-order valence-corrected chi connectivity index (χ3v) is 12.7. The van der Waals surface area contributed by atoms with Gasteiger partial charge in [0, 0.05) is 34.3 Å². The highest BCUT2D eigenvalue weighted by atomic mass is 16.5. The van der Waals surface area contributed by atoms with E-state index in [0.29, 0.717) is 0 Å². The largest absolute Gasteiger partial charge is 0.456 e. The number of benzene rings is 11. The summed E-state index contributed by atoms with van der Waals surface area (Å²) in [5.41, 5.74) is 17.1. The number of hydrogen-bond donors (Lipinski definition) is 0. The van der Waals surface area contributed by atoms with Gasteiger partial charge in [0.2, 0.25) is 0 Å². The molecule has 11 aromatic rings. The number of ether oxygens (including phenoxy) is 1. The Balaban J connectivity index is 0.983. The number of hydrogen-bond acceptors (Lipinski definition) is 2. The Morgan fingerprint density at radius 2 is 0.688 bits per heavy atom. The second kappa shape index (κ2) is 15.8. The number of rotatable bonds is 7. The Kier molecular flexibility index (Phi) is 9.20. The molecular formula is C62H41NO. The molecule has 1 aliphatic heterocycles. The molecule has 0 unspecified atom stereocenters. The van der Waals surface area contributed by atoms with Crippen LogP contribution in [0.1, 0.15) is 0 Å². The first-order valence-electron chi connectivity index (χ1n) is 21.9. The van der Waals surface area contributed by atoms with Gasteiger partial charge >= 0.3 is 0 Å². The van der Waals surface area contributed by atoms with E-state index in [1.54, 1.807) is 0 Å². The van der Waals surface area contributed by atoms with Crippen molar-refractivity contribution in [2.24, 2.45) is 0 Å². The van der Waals surface area contributed by atoms with Crippen LogP contribution in [0.2, 0.25) is 0 Å². The van der Waals surface area contributed by atoms with E-state index in [9.17, 15) is 0 Å². The van der Waals surface area contributed by atoms with Crippen molar-refractivity contribution in [1.29, 1.82) is 0 Å². The summed E-state index contributed by atoms with van der Waals surface area (Å²) in [5.74, 6) is 1.65. The minimum absolute atomic E-state index is 0.812. The summed E-state index contributed by atoms with van der Waals surface area (Å²) in [6, 6.07) is 89.5. The molecule has 0 amide bonds. The highest BCUT2D eigenvalue weighted by Crippen LogP contribution is 2.51. The number of nitrogens with zero attached hydrogens (tertiary/aromatic N) is 1. The fourth-order valence-electron chi connectivity index (χ4n) is 9.41. The van der Waals surface area contributed by atoms with Crippen molar-refractivity contribution in [1.82, 2.24) is 0 Å². The summed E-state index contributed by atoms with van der Waals surface area (Å²) in [6.45, 7) is 0. The minimum atomic E-state index is 0.812. The SMILES string of the molecule is c1ccc(-c2ccc(-c3ccc(N(c4ccc(-c5ccccc5)cc4)c4ccc5c(c4)Oc4cc6ccccc6cc4-c4cc(-c6cccc7ccccc67)ccc4-5)cc3)cc2)cc1. The van der Waals surface area contributed by atoms with Gasteiger partial charge in [0.1, 0.15) is 11.5 Å². The molecule has 0 saturated heterocycles. The van der Waals surface area contributed by atoms with Gasteiger partial charge in [0.05, 0.1) is 0 Å². The van der Waals surface area contributed by atoms with Crippen LogP contribution in [-0.2, 0) is 0 Å². The lowest BCUT2D eigenvalue weighted by Crippen LogP contribution is -2.10. The van der Waals surface area contributed by atoms with Crippen LogP contribution in [0.25, 0.3) is 88.3 Å². The fourth-order valence-corrected chi connectivity index (χ4v) is 9.41. The molecule has 0 N–H and O–H groups in total. The molecule has 2 heteroatoms. The normalized spacial score (nSPS) is 11.6. The number of fused-ring (bicyclic) bond motifs is 7. The Morgan fingerprint density at radius 1 is 0.234 bits per heavy atom. The van der Waals surface area contributed by atoms with Crippen molar-refractivity contribution >= 4 is 38.6 Å². The van der Waals surface area contributed by atoms with Gasteiger partial charge in [0.25, 0.3) is 0 Å². The molecule has 2 nitrogen and oxygen atoms in total. The van der Waals surface area contributed by atoms with Gasteiger partial charge in [-0.1, -0.05) is 188 Å². The highest BCUT2D eigenvalue weighted by molar-refractivity contribution is 6.02. The summed E-state index contributed by atoms with van der Waals surface area (Å²) in [5, 5.41) is 4.79. The zero-order valence-corrected chi connectivity index (χ0v) is 35.0. The Bertz CT molecular complexity index is 3480. The zero-order valence-electron chi connectivity index (χ0n) is 35.0. The monoisotopic (exact) mass is 815 g/mol. The smallest absolute Gasteiger partial charge is 0.137 e. The van der Waals surface area contributed by atoms with Gasteiger partial charge in [0.15, 0.2) is 0 Å². The topological polar surface area (TPSA) is 12.5 Å². The molecule has 1 aliphatic rings. The molecule has 0 bridgehead atoms. The molecule has 0 spiro atoms. The van der Waals surface area contributed by atoms with E-state index in [1.807, 2.05) is 0 Å². The van der Waals surface area contributed by atoms with Crippen LogP contribution in [0, 0.1) is 0 Å². The average Bonchev–Trinajstić information content (AvgIpc) is 3.50. The van der Waals surface area contributed by atoms with Crippen molar-refractivity contribution in [3.05, 3.63) is 249 Å². The predicted octanol–water partition coefficient (Wildman–Crippen LogP) is 17.6.